The molecule has 2 aromatic heterocycles. The van der Waals surface area contributed by atoms with Crippen molar-refractivity contribution in [1.29, 1.82) is 0 Å². The summed E-state index contributed by atoms with van der Waals surface area (Å²) in [6.07, 6.45) is -3.10. The van der Waals surface area contributed by atoms with E-state index in [9.17, 15) is 22.4 Å². The highest BCUT2D eigenvalue weighted by molar-refractivity contribution is 7.10. The SMILES string of the molecule is O=C(Nc1cc(C(F)(F)F)ns1)c1cccnc1NCc1ccc(F)cc1. The molecule has 2 heterocycles. The Morgan fingerprint density at radius 3 is 2.56 bits per heavy atom. The minimum absolute atomic E-state index is 0.0272. The van der Waals surface area contributed by atoms with Crippen molar-refractivity contribution < 1.29 is 22.4 Å². The van der Waals surface area contributed by atoms with Crippen LogP contribution in [0.25, 0.3) is 0 Å². The van der Waals surface area contributed by atoms with Crippen molar-refractivity contribution in [2.75, 3.05) is 10.6 Å². The van der Waals surface area contributed by atoms with Gasteiger partial charge in [0.05, 0.1) is 5.56 Å². The van der Waals surface area contributed by atoms with E-state index < -0.39 is 17.8 Å². The van der Waals surface area contributed by atoms with Gasteiger partial charge in [-0.3, -0.25) is 4.79 Å². The standard InChI is InChI=1S/C17H12F4N4OS/c18-11-5-3-10(4-6-11)9-23-15-12(2-1-7-22-15)16(26)24-14-8-13(25-27-14)17(19,20)21/h1-8H,9H2,(H,22,23)(H,24,26). The second-order valence-electron chi connectivity index (χ2n) is 5.41. The molecule has 1 amide bonds. The van der Waals surface area contributed by atoms with Crippen LogP contribution in [0.15, 0.2) is 48.7 Å². The molecule has 2 N–H and O–H groups in total. The quantitative estimate of drug-likeness (QED) is 0.621. The van der Waals surface area contributed by atoms with Crippen LogP contribution < -0.4 is 10.6 Å². The van der Waals surface area contributed by atoms with Crippen molar-refractivity contribution in [3.05, 3.63) is 71.3 Å². The Labute approximate surface area is 155 Å². The van der Waals surface area contributed by atoms with E-state index in [4.69, 9.17) is 0 Å². The third kappa shape index (κ3) is 4.79. The fourth-order valence-electron chi connectivity index (χ4n) is 2.16. The molecule has 0 saturated carbocycles. The number of hydrogen-bond acceptors (Lipinski definition) is 5. The molecule has 3 aromatic rings. The summed E-state index contributed by atoms with van der Waals surface area (Å²) >= 11 is 0.539. The molecule has 0 spiro atoms. The van der Waals surface area contributed by atoms with Crippen LogP contribution in [0.3, 0.4) is 0 Å². The zero-order chi connectivity index (χ0) is 19.4. The highest BCUT2D eigenvalue weighted by atomic mass is 32.1. The van der Waals surface area contributed by atoms with E-state index in [0.29, 0.717) is 11.5 Å². The topological polar surface area (TPSA) is 66.9 Å². The number of carbonyl (C=O) groups excluding carboxylic acids is 1. The van der Waals surface area contributed by atoms with Gasteiger partial charge < -0.3 is 10.6 Å². The highest BCUT2D eigenvalue weighted by Gasteiger charge is 2.34. The van der Waals surface area contributed by atoms with Crippen molar-refractivity contribution in [1.82, 2.24) is 9.36 Å². The zero-order valence-corrected chi connectivity index (χ0v) is 14.4. The number of nitrogens with one attached hydrogen (secondary N) is 2. The van der Waals surface area contributed by atoms with Crippen LogP contribution in [-0.4, -0.2) is 15.3 Å². The number of anilines is 2. The number of benzene rings is 1. The summed E-state index contributed by atoms with van der Waals surface area (Å²) < 4.78 is 54.0. The number of amides is 1. The lowest BCUT2D eigenvalue weighted by molar-refractivity contribution is -0.140. The monoisotopic (exact) mass is 396 g/mol. The first-order valence-electron chi connectivity index (χ1n) is 7.61. The number of carbonyl (C=O) groups is 1. The summed E-state index contributed by atoms with van der Waals surface area (Å²) in [5.41, 5.74) is -0.143. The Hall–Kier alpha value is -3.01. The van der Waals surface area contributed by atoms with Gasteiger partial charge >= 0.3 is 6.18 Å². The van der Waals surface area contributed by atoms with E-state index in [-0.39, 0.29) is 28.7 Å². The van der Waals surface area contributed by atoms with Crippen molar-refractivity contribution in [3.63, 3.8) is 0 Å². The Bertz CT molecular complexity index is 941. The number of pyridine rings is 1. The number of rotatable bonds is 5. The van der Waals surface area contributed by atoms with E-state index in [1.165, 1.54) is 30.5 Å². The fourth-order valence-corrected chi connectivity index (χ4v) is 2.82. The van der Waals surface area contributed by atoms with Crippen LogP contribution in [0, 0.1) is 5.82 Å². The molecule has 0 bridgehead atoms. The average molecular weight is 396 g/mol. The molecular weight excluding hydrogens is 384 g/mol. The third-order valence-corrected chi connectivity index (χ3v) is 4.17. The average Bonchev–Trinajstić information content (AvgIpc) is 3.10. The van der Waals surface area contributed by atoms with E-state index in [2.05, 4.69) is 20.0 Å². The van der Waals surface area contributed by atoms with Gasteiger partial charge in [-0.2, -0.15) is 17.5 Å². The van der Waals surface area contributed by atoms with Crippen LogP contribution in [0.1, 0.15) is 21.6 Å². The molecule has 0 aliphatic carbocycles. The summed E-state index contributed by atoms with van der Waals surface area (Å²) in [6, 6.07) is 9.58. The molecule has 0 saturated heterocycles. The number of alkyl halides is 3. The minimum Gasteiger partial charge on any atom is -0.365 e. The van der Waals surface area contributed by atoms with Crippen LogP contribution in [0.5, 0.6) is 0 Å². The molecule has 3 rings (SSSR count). The zero-order valence-electron chi connectivity index (χ0n) is 13.5. The van der Waals surface area contributed by atoms with Gasteiger partial charge in [-0.25, -0.2) is 9.37 Å². The van der Waals surface area contributed by atoms with Crippen LogP contribution >= 0.6 is 11.5 Å². The van der Waals surface area contributed by atoms with Gasteiger partial charge in [0.15, 0.2) is 5.69 Å². The van der Waals surface area contributed by atoms with Gasteiger partial charge in [0, 0.05) is 18.8 Å². The van der Waals surface area contributed by atoms with E-state index in [1.807, 2.05) is 0 Å². The lowest BCUT2D eigenvalue weighted by atomic mass is 10.2. The van der Waals surface area contributed by atoms with Crippen LogP contribution in [0.2, 0.25) is 0 Å². The van der Waals surface area contributed by atoms with Crippen molar-refractivity contribution in [3.8, 4) is 0 Å². The molecule has 0 atom stereocenters. The normalized spacial score (nSPS) is 11.3. The molecular formula is C17H12F4N4OS. The minimum atomic E-state index is -4.57. The number of aromatic nitrogens is 2. The molecule has 0 fully saturated rings. The summed E-state index contributed by atoms with van der Waals surface area (Å²) in [5, 5.41) is 5.32. The summed E-state index contributed by atoms with van der Waals surface area (Å²) in [5.74, 6) is -0.735. The summed E-state index contributed by atoms with van der Waals surface area (Å²) in [6.45, 7) is 0.288. The molecule has 140 valence electrons. The lowest BCUT2D eigenvalue weighted by Gasteiger charge is -2.10. The number of nitrogens with zero attached hydrogens (tertiary/aromatic N) is 2. The molecule has 27 heavy (non-hydrogen) atoms. The van der Waals surface area contributed by atoms with Gasteiger partial charge in [-0.1, -0.05) is 12.1 Å². The maximum Gasteiger partial charge on any atom is 0.434 e. The molecule has 0 unspecified atom stereocenters. The largest absolute Gasteiger partial charge is 0.434 e. The molecule has 0 radical (unpaired) electrons. The van der Waals surface area contributed by atoms with E-state index in [1.54, 1.807) is 12.1 Å². The first-order chi connectivity index (χ1) is 12.8. The van der Waals surface area contributed by atoms with E-state index in [0.717, 1.165) is 11.6 Å². The first-order valence-corrected chi connectivity index (χ1v) is 8.39. The fraction of sp³-hybridized carbons (Fsp3) is 0.118. The van der Waals surface area contributed by atoms with Crippen molar-refractivity contribution in [2.45, 2.75) is 12.7 Å². The molecule has 0 aliphatic rings. The van der Waals surface area contributed by atoms with Gasteiger partial charge in [0.25, 0.3) is 5.91 Å². The maximum atomic E-state index is 12.9. The Balaban J connectivity index is 1.71. The molecule has 1 aromatic carbocycles. The molecule has 5 nitrogen and oxygen atoms in total. The Morgan fingerprint density at radius 2 is 1.89 bits per heavy atom. The van der Waals surface area contributed by atoms with Crippen molar-refractivity contribution in [2.24, 2.45) is 0 Å². The smallest absolute Gasteiger partial charge is 0.365 e. The van der Waals surface area contributed by atoms with Gasteiger partial charge in [-0.15, -0.1) is 0 Å². The predicted molar refractivity (Wildman–Crippen MR) is 93.0 cm³/mol. The Kier molecular flexibility index (Phi) is 5.36. The number of hydrogen-bond donors (Lipinski definition) is 2. The molecule has 10 heteroatoms. The first kappa shape index (κ1) is 18.8. The summed E-state index contributed by atoms with van der Waals surface area (Å²) in [4.78, 5) is 16.5. The second-order valence-corrected chi connectivity index (χ2v) is 6.21. The van der Waals surface area contributed by atoms with E-state index >= 15 is 0 Å². The highest BCUT2D eigenvalue weighted by Crippen LogP contribution is 2.32. The van der Waals surface area contributed by atoms with Gasteiger partial charge in [0.2, 0.25) is 0 Å². The molecule has 0 aliphatic heterocycles. The maximum absolute atomic E-state index is 12.9. The van der Waals surface area contributed by atoms with Crippen LogP contribution in [-0.2, 0) is 12.7 Å². The Morgan fingerprint density at radius 1 is 1.15 bits per heavy atom. The lowest BCUT2D eigenvalue weighted by Crippen LogP contribution is -2.15. The summed E-state index contributed by atoms with van der Waals surface area (Å²) in [7, 11) is 0. The second kappa shape index (κ2) is 7.70. The number of halogens is 4. The predicted octanol–water partition coefficient (Wildman–Crippen LogP) is 4.56. The van der Waals surface area contributed by atoms with Gasteiger partial charge in [-0.05, 0) is 41.4 Å². The van der Waals surface area contributed by atoms with Crippen LogP contribution in [0.4, 0.5) is 28.4 Å². The van der Waals surface area contributed by atoms with Crippen molar-refractivity contribution >= 4 is 28.3 Å². The third-order valence-electron chi connectivity index (χ3n) is 3.46. The van der Waals surface area contributed by atoms with Gasteiger partial charge in [0.1, 0.15) is 16.6 Å².